The minimum absolute atomic E-state index is 0.604. The minimum atomic E-state index is 0.604. The number of hydrogen-bond donors (Lipinski definition) is 1. The van der Waals surface area contributed by atoms with Gasteiger partial charge in [0.2, 0.25) is 0 Å². The second-order valence-electron chi connectivity index (χ2n) is 3.61. The van der Waals surface area contributed by atoms with E-state index in [1.807, 2.05) is 18.6 Å². The molecule has 0 bridgehead atoms. The van der Waals surface area contributed by atoms with Crippen LogP contribution in [-0.2, 0) is 6.42 Å². The van der Waals surface area contributed by atoms with Gasteiger partial charge < -0.3 is 5.32 Å². The minimum Gasteiger partial charge on any atom is -0.317 e. The van der Waals surface area contributed by atoms with Crippen LogP contribution in [0.1, 0.15) is 37.6 Å². The molecule has 0 saturated heterocycles. The molecule has 2 nitrogen and oxygen atoms in total. The van der Waals surface area contributed by atoms with E-state index in [0.717, 1.165) is 6.42 Å². The Labute approximate surface area is 90.8 Å². The van der Waals surface area contributed by atoms with E-state index < -0.39 is 0 Å². The van der Waals surface area contributed by atoms with Crippen molar-refractivity contribution < 1.29 is 0 Å². The van der Waals surface area contributed by atoms with Gasteiger partial charge in [-0.3, -0.25) is 0 Å². The summed E-state index contributed by atoms with van der Waals surface area (Å²) in [4.78, 5) is 4.31. The fourth-order valence-electron chi connectivity index (χ4n) is 1.55. The molecular weight excluding hydrogens is 192 g/mol. The Kier molecular flexibility index (Phi) is 5.80. The molecule has 1 rings (SSSR count). The fourth-order valence-corrected chi connectivity index (χ4v) is 2.25. The summed E-state index contributed by atoms with van der Waals surface area (Å²) in [6.07, 6.45) is 8.21. The maximum atomic E-state index is 4.31. The summed E-state index contributed by atoms with van der Waals surface area (Å²) in [5.74, 6) is 0. The second kappa shape index (κ2) is 6.96. The number of unbranched alkanes of at least 4 members (excludes halogenated alkanes) is 2. The Morgan fingerprint density at radius 2 is 2.36 bits per heavy atom. The summed E-state index contributed by atoms with van der Waals surface area (Å²) < 4.78 is 0. The highest BCUT2D eigenvalue weighted by Crippen LogP contribution is 2.11. The Morgan fingerprint density at radius 1 is 1.50 bits per heavy atom. The molecular formula is C11H20N2S. The number of nitrogens with one attached hydrogen (secondary N) is 1. The molecule has 0 aliphatic heterocycles. The number of likely N-dealkylation sites (N-methyl/N-ethyl adjacent to an activating group) is 1. The first kappa shape index (κ1) is 11.7. The van der Waals surface area contributed by atoms with Gasteiger partial charge in [0.15, 0.2) is 0 Å². The first-order valence-corrected chi connectivity index (χ1v) is 6.30. The first-order chi connectivity index (χ1) is 6.86. The van der Waals surface area contributed by atoms with E-state index in [1.165, 1.54) is 30.7 Å². The van der Waals surface area contributed by atoms with Crippen molar-refractivity contribution in [3.8, 4) is 0 Å². The van der Waals surface area contributed by atoms with E-state index in [1.54, 1.807) is 11.3 Å². The van der Waals surface area contributed by atoms with Crippen molar-refractivity contribution in [2.24, 2.45) is 0 Å². The molecule has 1 unspecified atom stereocenters. The van der Waals surface area contributed by atoms with Crippen LogP contribution in [0.2, 0.25) is 0 Å². The molecule has 0 saturated carbocycles. The SMILES string of the molecule is CCCCCC(Cc1nccs1)NC. The standard InChI is InChI=1S/C11H20N2S/c1-3-4-5-6-10(12-2)9-11-13-7-8-14-11/h7-8,10,12H,3-6,9H2,1-2H3. The molecule has 1 heterocycles. The van der Waals surface area contributed by atoms with Crippen LogP contribution in [0, 0.1) is 0 Å². The molecule has 0 spiro atoms. The largest absolute Gasteiger partial charge is 0.317 e. The normalized spacial score (nSPS) is 13.0. The third kappa shape index (κ3) is 4.20. The van der Waals surface area contributed by atoms with Gasteiger partial charge in [0.25, 0.3) is 0 Å². The lowest BCUT2D eigenvalue weighted by atomic mass is 10.1. The monoisotopic (exact) mass is 212 g/mol. The number of nitrogens with zero attached hydrogens (tertiary/aromatic N) is 1. The molecule has 0 aliphatic rings. The van der Waals surface area contributed by atoms with Crippen LogP contribution in [-0.4, -0.2) is 18.1 Å². The Hall–Kier alpha value is -0.410. The third-order valence-electron chi connectivity index (χ3n) is 2.47. The molecule has 0 radical (unpaired) electrons. The number of thiazole rings is 1. The Bertz CT molecular complexity index is 221. The molecule has 1 aromatic rings. The van der Waals surface area contributed by atoms with Gasteiger partial charge in [0.05, 0.1) is 5.01 Å². The van der Waals surface area contributed by atoms with Gasteiger partial charge in [-0.25, -0.2) is 4.98 Å². The summed E-state index contributed by atoms with van der Waals surface area (Å²) >= 11 is 1.75. The van der Waals surface area contributed by atoms with Gasteiger partial charge in [0.1, 0.15) is 0 Å². The van der Waals surface area contributed by atoms with E-state index in [2.05, 4.69) is 17.2 Å². The van der Waals surface area contributed by atoms with Crippen molar-refractivity contribution in [3.63, 3.8) is 0 Å². The van der Waals surface area contributed by atoms with Crippen molar-refractivity contribution in [2.75, 3.05) is 7.05 Å². The van der Waals surface area contributed by atoms with Gasteiger partial charge in [-0.1, -0.05) is 26.2 Å². The summed E-state index contributed by atoms with van der Waals surface area (Å²) in [6.45, 7) is 2.25. The van der Waals surface area contributed by atoms with Crippen LogP contribution in [0.5, 0.6) is 0 Å². The number of rotatable bonds is 7. The molecule has 1 N–H and O–H groups in total. The van der Waals surface area contributed by atoms with E-state index in [0.29, 0.717) is 6.04 Å². The summed E-state index contributed by atoms with van der Waals surface area (Å²) in [7, 11) is 2.05. The molecule has 1 atom stereocenters. The lowest BCUT2D eigenvalue weighted by Crippen LogP contribution is -2.27. The van der Waals surface area contributed by atoms with Crippen molar-refractivity contribution in [2.45, 2.75) is 45.1 Å². The van der Waals surface area contributed by atoms with Crippen LogP contribution in [0.15, 0.2) is 11.6 Å². The van der Waals surface area contributed by atoms with Crippen molar-refractivity contribution in [1.82, 2.24) is 10.3 Å². The first-order valence-electron chi connectivity index (χ1n) is 5.42. The number of hydrogen-bond acceptors (Lipinski definition) is 3. The van der Waals surface area contributed by atoms with E-state index in [-0.39, 0.29) is 0 Å². The van der Waals surface area contributed by atoms with E-state index >= 15 is 0 Å². The average Bonchev–Trinajstić information content (AvgIpc) is 2.69. The van der Waals surface area contributed by atoms with Gasteiger partial charge in [-0.05, 0) is 13.5 Å². The Morgan fingerprint density at radius 3 is 2.93 bits per heavy atom. The maximum Gasteiger partial charge on any atom is 0.0940 e. The molecule has 3 heteroatoms. The summed E-state index contributed by atoms with van der Waals surface area (Å²) in [6, 6.07) is 0.604. The zero-order valence-corrected chi connectivity index (χ0v) is 9.94. The molecule has 0 aliphatic carbocycles. The molecule has 1 aromatic heterocycles. The molecule has 0 fully saturated rings. The lowest BCUT2D eigenvalue weighted by Gasteiger charge is -2.13. The zero-order valence-electron chi connectivity index (χ0n) is 9.12. The van der Waals surface area contributed by atoms with Gasteiger partial charge in [0, 0.05) is 24.0 Å². The highest BCUT2D eigenvalue weighted by molar-refractivity contribution is 7.09. The van der Waals surface area contributed by atoms with Crippen LogP contribution in [0.25, 0.3) is 0 Å². The molecule has 0 aromatic carbocycles. The third-order valence-corrected chi connectivity index (χ3v) is 3.27. The predicted octanol–water partition coefficient (Wildman–Crippen LogP) is 2.85. The smallest absolute Gasteiger partial charge is 0.0940 e. The Balaban J connectivity index is 2.24. The summed E-state index contributed by atoms with van der Waals surface area (Å²) in [5, 5.41) is 6.67. The van der Waals surface area contributed by atoms with Crippen molar-refractivity contribution in [1.29, 1.82) is 0 Å². The second-order valence-corrected chi connectivity index (χ2v) is 4.59. The number of aromatic nitrogens is 1. The van der Waals surface area contributed by atoms with Crippen LogP contribution >= 0.6 is 11.3 Å². The predicted molar refractivity (Wildman–Crippen MR) is 62.8 cm³/mol. The molecule has 80 valence electrons. The molecule has 0 amide bonds. The molecule has 14 heavy (non-hydrogen) atoms. The van der Waals surface area contributed by atoms with E-state index in [9.17, 15) is 0 Å². The lowest BCUT2D eigenvalue weighted by molar-refractivity contribution is 0.489. The highest BCUT2D eigenvalue weighted by atomic mass is 32.1. The average molecular weight is 212 g/mol. The quantitative estimate of drug-likeness (QED) is 0.703. The van der Waals surface area contributed by atoms with E-state index in [4.69, 9.17) is 0 Å². The highest BCUT2D eigenvalue weighted by Gasteiger charge is 2.07. The fraction of sp³-hybridized carbons (Fsp3) is 0.727. The van der Waals surface area contributed by atoms with Gasteiger partial charge in [-0.2, -0.15) is 0 Å². The van der Waals surface area contributed by atoms with Gasteiger partial charge in [-0.15, -0.1) is 11.3 Å². The summed E-state index contributed by atoms with van der Waals surface area (Å²) in [5.41, 5.74) is 0. The van der Waals surface area contributed by atoms with Crippen LogP contribution < -0.4 is 5.32 Å². The van der Waals surface area contributed by atoms with Gasteiger partial charge >= 0.3 is 0 Å². The zero-order chi connectivity index (χ0) is 10.2. The van der Waals surface area contributed by atoms with Crippen LogP contribution in [0.4, 0.5) is 0 Å². The van der Waals surface area contributed by atoms with Crippen LogP contribution in [0.3, 0.4) is 0 Å². The van der Waals surface area contributed by atoms with Crippen molar-refractivity contribution in [3.05, 3.63) is 16.6 Å². The van der Waals surface area contributed by atoms with Crippen molar-refractivity contribution >= 4 is 11.3 Å². The maximum absolute atomic E-state index is 4.31. The topological polar surface area (TPSA) is 24.9 Å².